The van der Waals surface area contributed by atoms with Crippen LogP contribution < -0.4 is 0 Å². The SMILES string of the molecule is [N-]=[N+]=NCCCOP(=O)(OCCCN=[N+]=[N-])OCCCN=[N+]=[N-]. The first-order valence-electron chi connectivity index (χ1n) is 6.75. The van der Waals surface area contributed by atoms with Gasteiger partial charge in [0.25, 0.3) is 0 Å². The van der Waals surface area contributed by atoms with Crippen molar-refractivity contribution in [1.82, 2.24) is 0 Å². The molecule has 0 aliphatic carbocycles. The Balaban J connectivity index is 4.25. The summed E-state index contributed by atoms with van der Waals surface area (Å²) in [5.74, 6) is 0. The van der Waals surface area contributed by atoms with E-state index in [0.29, 0.717) is 19.3 Å². The topological polar surface area (TPSA) is 191 Å². The zero-order chi connectivity index (χ0) is 17.2. The van der Waals surface area contributed by atoms with Crippen LogP contribution in [0, 0.1) is 0 Å². The van der Waals surface area contributed by atoms with Gasteiger partial charge in [-0.3, -0.25) is 13.6 Å². The first kappa shape index (κ1) is 21.0. The van der Waals surface area contributed by atoms with Crippen molar-refractivity contribution in [3.05, 3.63) is 31.3 Å². The standard InChI is InChI=1S/C9H18N9O4P/c10-16-13-4-1-7-20-23(19,21-8-2-5-14-17-11)22-9-3-6-15-18-12/h1-9H2. The largest absolute Gasteiger partial charge is 0.474 e. The maximum atomic E-state index is 12.3. The smallest absolute Gasteiger partial charge is 0.287 e. The highest BCUT2D eigenvalue weighted by Gasteiger charge is 2.25. The van der Waals surface area contributed by atoms with E-state index in [9.17, 15) is 4.57 Å². The number of hydrogen-bond acceptors (Lipinski definition) is 7. The van der Waals surface area contributed by atoms with Crippen molar-refractivity contribution < 1.29 is 18.1 Å². The van der Waals surface area contributed by atoms with Gasteiger partial charge in [-0.2, -0.15) is 0 Å². The molecule has 0 fully saturated rings. The van der Waals surface area contributed by atoms with E-state index in [1.165, 1.54) is 0 Å². The van der Waals surface area contributed by atoms with Crippen LogP contribution in [-0.4, -0.2) is 39.5 Å². The molecule has 128 valence electrons. The lowest BCUT2D eigenvalue weighted by Crippen LogP contribution is -2.05. The van der Waals surface area contributed by atoms with E-state index in [1.54, 1.807) is 0 Å². The van der Waals surface area contributed by atoms with E-state index in [2.05, 4.69) is 30.1 Å². The fourth-order valence-corrected chi connectivity index (χ4v) is 2.46. The van der Waals surface area contributed by atoms with Crippen LogP contribution in [0.3, 0.4) is 0 Å². The minimum atomic E-state index is -3.77. The third-order valence-electron chi connectivity index (χ3n) is 2.15. The second-order valence-electron chi connectivity index (χ2n) is 3.87. The van der Waals surface area contributed by atoms with Crippen molar-refractivity contribution in [3.63, 3.8) is 0 Å². The van der Waals surface area contributed by atoms with Gasteiger partial charge in [0.15, 0.2) is 0 Å². The van der Waals surface area contributed by atoms with Crippen molar-refractivity contribution in [2.75, 3.05) is 39.5 Å². The summed E-state index contributed by atoms with van der Waals surface area (Å²) in [5.41, 5.74) is 24.4. The zero-order valence-electron chi connectivity index (χ0n) is 12.5. The number of azide groups is 3. The fourth-order valence-electron chi connectivity index (χ4n) is 1.18. The highest BCUT2D eigenvalue weighted by atomic mass is 31.2. The van der Waals surface area contributed by atoms with Gasteiger partial charge in [0.2, 0.25) is 0 Å². The van der Waals surface area contributed by atoms with Crippen molar-refractivity contribution in [2.45, 2.75) is 19.3 Å². The van der Waals surface area contributed by atoms with Gasteiger partial charge in [0, 0.05) is 34.4 Å². The molecule has 0 radical (unpaired) electrons. The molecule has 23 heavy (non-hydrogen) atoms. The predicted molar refractivity (Wildman–Crippen MR) is 81.4 cm³/mol. The summed E-state index contributed by atoms with van der Waals surface area (Å²) in [6.07, 6.45) is 1.08. The molecule has 0 amide bonds. The monoisotopic (exact) mass is 347 g/mol. The van der Waals surface area contributed by atoms with Crippen LogP contribution in [0.25, 0.3) is 31.3 Å². The summed E-state index contributed by atoms with van der Waals surface area (Å²) in [6.45, 7) is 0.688. The van der Waals surface area contributed by atoms with Gasteiger partial charge in [-0.1, -0.05) is 15.3 Å². The van der Waals surface area contributed by atoms with E-state index < -0.39 is 7.82 Å². The molecule has 0 saturated carbocycles. The van der Waals surface area contributed by atoms with Crippen LogP contribution in [0.4, 0.5) is 0 Å². The molecule has 0 aromatic rings. The molecule has 0 aliphatic rings. The van der Waals surface area contributed by atoms with Gasteiger partial charge in [0.1, 0.15) is 0 Å². The van der Waals surface area contributed by atoms with Crippen LogP contribution in [0.15, 0.2) is 15.3 Å². The molecule has 0 rings (SSSR count). The number of hydrogen-bond donors (Lipinski definition) is 0. The third kappa shape index (κ3) is 13.4. The highest BCUT2D eigenvalue weighted by molar-refractivity contribution is 7.48. The Morgan fingerprint density at radius 1 is 0.696 bits per heavy atom. The molecule has 0 spiro atoms. The van der Waals surface area contributed by atoms with Gasteiger partial charge in [-0.05, 0) is 35.9 Å². The van der Waals surface area contributed by atoms with Gasteiger partial charge in [-0.25, -0.2) is 4.57 Å². The Kier molecular flexibility index (Phi) is 13.7. The molecule has 0 unspecified atom stereocenters. The lowest BCUT2D eigenvalue weighted by molar-refractivity contribution is 0.112. The average molecular weight is 347 g/mol. The lowest BCUT2D eigenvalue weighted by atomic mass is 10.5. The first-order chi connectivity index (χ1) is 11.2. The molecular formula is C9H18N9O4P. The highest BCUT2D eigenvalue weighted by Crippen LogP contribution is 2.49. The van der Waals surface area contributed by atoms with Crippen molar-refractivity contribution in [2.24, 2.45) is 15.3 Å². The quantitative estimate of drug-likeness (QED) is 0.141. The van der Waals surface area contributed by atoms with Crippen LogP contribution in [-0.2, 0) is 18.1 Å². The normalized spacial score (nSPS) is 12.3. The minimum Gasteiger partial charge on any atom is -0.287 e. The Bertz CT molecular complexity index is 440. The van der Waals surface area contributed by atoms with Crippen molar-refractivity contribution in [3.8, 4) is 0 Å². The maximum Gasteiger partial charge on any atom is 0.474 e. The van der Waals surface area contributed by atoms with Crippen molar-refractivity contribution >= 4 is 7.82 Å². The zero-order valence-corrected chi connectivity index (χ0v) is 13.4. The van der Waals surface area contributed by atoms with Crippen molar-refractivity contribution in [1.29, 1.82) is 0 Å². The molecule has 0 saturated heterocycles. The Morgan fingerprint density at radius 3 is 1.26 bits per heavy atom. The number of rotatable bonds is 15. The van der Waals surface area contributed by atoms with Crippen LogP contribution in [0.5, 0.6) is 0 Å². The lowest BCUT2D eigenvalue weighted by Gasteiger charge is -2.17. The summed E-state index contributed by atoms with van der Waals surface area (Å²) < 4.78 is 27.7. The Labute approximate surface area is 132 Å². The molecule has 0 N–H and O–H groups in total. The molecule has 14 heteroatoms. The summed E-state index contributed by atoms with van der Waals surface area (Å²) in [7, 11) is -3.77. The molecule has 0 atom stereocenters. The molecule has 0 aromatic carbocycles. The van der Waals surface area contributed by atoms with E-state index in [1.807, 2.05) is 0 Å². The second-order valence-corrected chi connectivity index (χ2v) is 5.54. The van der Waals surface area contributed by atoms with E-state index in [4.69, 9.17) is 30.2 Å². The van der Waals surface area contributed by atoms with Crippen LogP contribution in [0.1, 0.15) is 19.3 Å². The minimum absolute atomic E-state index is 0.0307. The van der Waals surface area contributed by atoms with Gasteiger partial charge in [-0.15, -0.1) is 0 Å². The third-order valence-corrected chi connectivity index (χ3v) is 3.64. The number of phosphoric acid groups is 1. The van der Waals surface area contributed by atoms with E-state index >= 15 is 0 Å². The number of nitrogens with zero attached hydrogens (tertiary/aromatic N) is 9. The van der Waals surface area contributed by atoms with Gasteiger partial charge in [0.05, 0.1) is 19.8 Å². The number of phosphoric ester groups is 1. The molecule has 0 aliphatic heterocycles. The van der Waals surface area contributed by atoms with Gasteiger partial charge < -0.3 is 0 Å². The molecule has 0 aromatic heterocycles. The Morgan fingerprint density at radius 2 is 1.00 bits per heavy atom. The van der Waals surface area contributed by atoms with Crippen LogP contribution in [0.2, 0.25) is 0 Å². The molecule has 13 nitrogen and oxygen atoms in total. The summed E-state index contributed by atoms with van der Waals surface area (Å²) in [5, 5.41) is 9.96. The fraction of sp³-hybridized carbons (Fsp3) is 1.00. The summed E-state index contributed by atoms with van der Waals surface area (Å²) >= 11 is 0. The van der Waals surface area contributed by atoms with E-state index in [0.717, 1.165) is 0 Å². The second kappa shape index (κ2) is 15.0. The maximum absolute atomic E-state index is 12.3. The van der Waals surface area contributed by atoms with E-state index in [-0.39, 0.29) is 39.5 Å². The first-order valence-corrected chi connectivity index (χ1v) is 8.21. The molecular weight excluding hydrogens is 329 g/mol. The predicted octanol–water partition coefficient (Wildman–Crippen LogP) is 4.25. The van der Waals surface area contributed by atoms with Gasteiger partial charge >= 0.3 is 7.82 Å². The average Bonchev–Trinajstić information content (AvgIpc) is 2.54. The van der Waals surface area contributed by atoms with Crippen LogP contribution >= 0.6 is 7.82 Å². The summed E-state index contributed by atoms with van der Waals surface area (Å²) in [6, 6.07) is 0. The Hall–Kier alpha value is -1.96. The molecule has 0 heterocycles. The summed E-state index contributed by atoms with van der Waals surface area (Å²) in [4.78, 5) is 7.75. The molecule has 0 bridgehead atoms.